The van der Waals surface area contributed by atoms with Crippen LogP contribution >= 0.6 is 0 Å². The van der Waals surface area contributed by atoms with Crippen LogP contribution in [-0.4, -0.2) is 41.7 Å². The fourth-order valence-electron chi connectivity index (χ4n) is 3.79. The Balaban J connectivity index is 1.75. The van der Waals surface area contributed by atoms with E-state index in [0.29, 0.717) is 17.9 Å². The third-order valence-electron chi connectivity index (χ3n) is 5.34. The lowest BCUT2D eigenvalue weighted by Crippen LogP contribution is -2.53. The first-order valence-electron chi connectivity index (χ1n) is 8.85. The van der Waals surface area contributed by atoms with Gasteiger partial charge in [0.15, 0.2) is 5.60 Å². The van der Waals surface area contributed by atoms with Crippen LogP contribution in [0.5, 0.6) is 0 Å². The predicted octanol–water partition coefficient (Wildman–Crippen LogP) is 2.70. The van der Waals surface area contributed by atoms with Gasteiger partial charge in [0.05, 0.1) is 0 Å². The number of nitrogens with zero attached hydrogens (tertiary/aromatic N) is 1. The number of hydrogen-bond donors (Lipinski definition) is 1. The Morgan fingerprint density at radius 2 is 2.00 bits per heavy atom. The molecule has 0 radical (unpaired) electrons. The Hall–Kier alpha value is -1.39. The molecule has 3 heterocycles. The average Bonchev–Trinajstić information content (AvgIpc) is 2.61. The molecule has 1 aromatic carbocycles. The van der Waals surface area contributed by atoms with Crippen LogP contribution in [0.2, 0.25) is 0 Å². The molecule has 0 saturated carbocycles. The number of piperidine rings is 3. The van der Waals surface area contributed by atoms with Gasteiger partial charge in [0, 0.05) is 6.54 Å². The summed E-state index contributed by atoms with van der Waals surface area (Å²) in [7, 11) is 0. The standard InChI is InChI=1S/C19H27NO3/c1-2-3-11-19(22,16-7-5-4-6-8-16)18(21)23-17-14-20-12-9-15(17)10-13-20/h4-8,15,17,22H,2-3,9-14H2,1H3/t17-,19+/m0/s1. The lowest BCUT2D eigenvalue weighted by Gasteiger charge is -2.44. The number of hydrogen-bond acceptors (Lipinski definition) is 4. The van der Waals surface area contributed by atoms with E-state index in [-0.39, 0.29) is 6.10 Å². The summed E-state index contributed by atoms with van der Waals surface area (Å²) in [6, 6.07) is 9.23. The number of rotatable bonds is 6. The molecule has 2 atom stereocenters. The number of carbonyl (C=O) groups excluding carboxylic acids is 1. The van der Waals surface area contributed by atoms with E-state index in [1.807, 2.05) is 30.3 Å². The maximum atomic E-state index is 12.8. The molecule has 126 valence electrons. The van der Waals surface area contributed by atoms with Gasteiger partial charge in [-0.3, -0.25) is 4.90 Å². The summed E-state index contributed by atoms with van der Waals surface area (Å²) in [5.74, 6) is -0.0222. The van der Waals surface area contributed by atoms with Crippen molar-refractivity contribution < 1.29 is 14.6 Å². The Morgan fingerprint density at radius 3 is 2.57 bits per heavy atom. The van der Waals surface area contributed by atoms with Gasteiger partial charge in [0.1, 0.15) is 6.10 Å². The number of carbonyl (C=O) groups is 1. The van der Waals surface area contributed by atoms with Gasteiger partial charge in [-0.15, -0.1) is 0 Å². The van der Waals surface area contributed by atoms with E-state index < -0.39 is 11.6 Å². The molecular formula is C19H27NO3. The number of aliphatic hydroxyl groups is 1. The number of fused-ring (bicyclic) bond motifs is 3. The number of esters is 1. The molecule has 4 nitrogen and oxygen atoms in total. The van der Waals surface area contributed by atoms with Crippen LogP contribution in [0.4, 0.5) is 0 Å². The molecule has 0 spiro atoms. The SMILES string of the molecule is CCCC[C@](O)(C(=O)O[C@H]1CN2CCC1CC2)c1ccccc1. The Bertz CT molecular complexity index is 525. The van der Waals surface area contributed by atoms with Crippen LogP contribution in [0, 0.1) is 5.92 Å². The number of unbranched alkanes of at least 4 members (excludes halogenated alkanes) is 1. The molecule has 1 N–H and O–H groups in total. The van der Waals surface area contributed by atoms with Gasteiger partial charge >= 0.3 is 5.97 Å². The van der Waals surface area contributed by atoms with Crippen molar-refractivity contribution in [3.8, 4) is 0 Å². The van der Waals surface area contributed by atoms with Crippen LogP contribution in [0.1, 0.15) is 44.6 Å². The molecule has 3 saturated heterocycles. The van der Waals surface area contributed by atoms with Gasteiger partial charge in [-0.1, -0.05) is 43.7 Å². The van der Waals surface area contributed by atoms with Crippen LogP contribution in [0.25, 0.3) is 0 Å². The maximum absolute atomic E-state index is 12.8. The molecule has 0 aromatic heterocycles. The largest absolute Gasteiger partial charge is 0.458 e. The molecule has 3 aliphatic rings. The summed E-state index contributed by atoms with van der Waals surface area (Å²) in [4.78, 5) is 15.2. The van der Waals surface area contributed by atoms with Gasteiger partial charge in [-0.25, -0.2) is 4.79 Å². The van der Waals surface area contributed by atoms with Crippen molar-refractivity contribution in [3.63, 3.8) is 0 Å². The first-order chi connectivity index (χ1) is 11.1. The third-order valence-corrected chi connectivity index (χ3v) is 5.34. The van der Waals surface area contributed by atoms with Crippen LogP contribution in [-0.2, 0) is 15.1 Å². The van der Waals surface area contributed by atoms with E-state index in [4.69, 9.17) is 4.74 Å². The quantitative estimate of drug-likeness (QED) is 0.820. The smallest absolute Gasteiger partial charge is 0.343 e. The fourth-order valence-corrected chi connectivity index (χ4v) is 3.79. The highest BCUT2D eigenvalue weighted by Gasteiger charge is 2.43. The zero-order valence-corrected chi connectivity index (χ0v) is 13.9. The van der Waals surface area contributed by atoms with Crippen molar-refractivity contribution in [2.75, 3.05) is 19.6 Å². The Morgan fingerprint density at radius 1 is 1.30 bits per heavy atom. The van der Waals surface area contributed by atoms with Crippen LogP contribution in [0.3, 0.4) is 0 Å². The van der Waals surface area contributed by atoms with Gasteiger partial charge in [0.25, 0.3) is 0 Å². The minimum Gasteiger partial charge on any atom is -0.458 e. The molecule has 1 aromatic rings. The average molecular weight is 317 g/mol. The Labute approximate surface area is 138 Å². The summed E-state index contributed by atoms with van der Waals surface area (Å²) < 4.78 is 5.81. The molecule has 3 aliphatic heterocycles. The van der Waals surface area contributed by atoms with E-state index in [2.05, 4.69) is 11.8 Å². The topological polar surface area (TPSA) is 49.8 Å². The second kappa shape index (κ2) is 7.02. The summed E-state index contributed by atoms with van der Waals surface area (Å²) >= 11 is 0. The van der Waals surface area contributed by atoms with Crippen molar-refractivity contribution in [2.45, 2.75) is 50.7 Å². The van der Waals surface area contributed by atoms with Gasteiger partial charge in [0.2, 0.25) is 0 Å². The van der Waals surface area contributed by atoms with Crippen molar-refractivity contribution in [2.24, 2.45) is 5.92 Å². The van der Waals surface area contributed by atoms with E-state index in [9.17, 15) is 9.90 Å². The van der Waals surface area contributed by atoms with Gasteiger partial charge in [-0.05, 0) is 50.3 Å². The van der Waals surface area contributed by atoms with Crippen LogP contribution < -0.4 is 0 Å². The van der Waals surface area contributed by atoms with Gasteiger partial charge < -0.3 is 9.84 Å². The molecule has 2 bridgehead atoms. The molecule has 0 aliphatic carbocycles. The highest BCUT2D eigenvalue weighted by molar-refractivity contribution is 5.81. The molecule has 0 unspecified atom stereocenters. The third kappa shape index (κ3) is 3.43. The summed E-state index contributed by atoms with van der Waals surface area (Å²) in [6.07, 6.45) is 4.26. The zero-order chi connectivity index (χ0) is 16.3. The molecular weight excluding hydrogens is 290 g/mol. The predicted molar refractivity (Wildman–Crippen MR) is 88.9 cm³/mol. The summed E-state index contributed by atoms with van der Waals surface area (Å²) in [6.45, 7) is 5.09. The number of benzene rings is 1. The van der Waals surface area contributed by atoms with Crippen molar-refractivity contribution in [3.05, 3.63) is 35.9 Å². The highest BCUT2D eigenvalue weighted by atomic mass is 16.6. The van der Waals surface area contributed by atoms with Crippen molar-refractivity contribution >= 4 is 5.97 Å². The highest BCUT2D eigenvalue weighted by Crippen LogP contribution is 2.34. The molecule has 4 heteroatoms. The Kier molecular flexibility index (Phi) is 5.02. The van der Waals surface area contributed by atoms with E-state index in [1.165, 1.54) is 0 Å². The number of ether oxygens (including phenoxy) is 1. The minimum absolute atomic E-state index is 0.0677. The summed E-state index contributed by atoms with van der Waals surface area (Å²) in [5.41, 5.74) is -0.886. The maximum Gasteiger partial charge on any atom is 0.343 e. The molecule has 4 rings (SSSR count). The fraction of sp³-hybridized carbons (Fsp3) is 0.632. The van der Waals surface area contributed by atoms with Crippen molar-refractivity contribution in [1.82, 2.24) is 4.90 Å². The monoisotopic (exact) mass is 317 g/mol. The lowest BCUT2D eigenvalue weighted by atomic mass is 9.85. The summed E-state index contributed by atoms with van der Waals surface area (Å²) in [5, 5.41) is 11.1. The lowest BCUT2D eigenvalue weighted by molar-refractivity contribution is -0.182. The van der Waals surface area contributed by atoms with Crippen molar-refractivity contribution in [1.29, 1.82) is 0 Å². The first-order valence-corrected chi connectivity index (χ1v) is 8.85. The van der Waals surface area contributed by atoms with E-state index in [0.717, 1.165) is 45.3 Å². The second-order valence-corrected chi connectivity index (χ2v) is 6.91. The van der Waals surface area contributed by atoms with E-state index in [1.54, 1.807) is 0 Å². The van der Waals surface area contributed by atoms with Crippen LogP contribution in [0.15, 0.2) is 30.3 Å². The molecule has 0 amide bonds. The first kappa shape index (κ1) is 16.5. The normalized spacial score (nSPS) is 29.0. The zero-order valence-electron chi connectivity index (χ0n) is 13.9. The minimum atomic E-state index is -1.52. The van der Waals surface area contributed by atoms with Gasteiger partial charge in [-0.2, -0.15) is 0 Å². The molecule has 23 heavy (non-hydrogen) atoms. The van der Waals surface area contributed by atoms with E-state index >= 15 is 0 Å². The second-order valence-electron chi connectivity index (χ2n) is 6.91. The molecule has 3 fully saturated rings.